The smallest absolute Gasteiger partial charge is 0.234 e. The number of carbonyl (C=O) groups excluding carboxylic acids is 1. The van der Waals surface area contributed by atoms with Crippen LogP contribution in [0.1, 0.15) is 38.2 Å². The molecule has 0 aromatic heterocycles. The first kappa shape index (κ1) is 13.0. The molecule has 1 heterocycles. The average molecular weight is 275 g/mol. The first-order chi connectivity index (χ1) is 9.24. The monoisotopic (exact) mass is 275 g/mol. The van der Waals surface area contributed by atoms with E-state index in [9.17, 15) is 4.79 Å². The van der Waals surface area contributed by atoms with Gasteiger partial charge in [0.05, 0.1) is 5.25 Å². The van der Waals surface area contributed by atoms with E-state index in [0.717, 1.165) is 12.8 Å². The van der Waals surface area contributed by atoms with Crippen molar-refractivity contribution in [3.63, 3.8) is 0 Å². The maximum absolute atomic E-state index is 12.4. The molecular formula is C16H21NOS. The lowest BCUT2D eigenvalue weighted by molar-refractivity contribution is -0.121. The zero-order valence-electron chi connectivity index (χ0n) is 11.4. The molecule has 2 nitrogen and oxygen atoms in total. The van der Waals surface area contributed by atoms with Gasteiger partial charge in [-0.1, -0.05) is 38.0 Å². The zero-order valence-corrected chi connectivity index (χ0v) is 12.2. The summed E-state index contributed by atoms with van der Waals surface area (Å²) < 4.78 is 0. The van der Waals surface area contributed by atoms with Gasteiger partial charge in [0.15, 0.2) is 0 Å². The summed E-state index contributed by atoms with van der Waals surface area (Å²) in [6.45, 7) is 2.26. The van der Waals surface area contributed by atoms with Gasteiger partial charge in [-0.2, -0.15) is 0 Å². The summed E-state index contributed by atoms with van der Waals surface area (Å²) in [6, 6.07) is 8.76. The predicted molar refractivity (Wildman–Crippen MR) is 79.4 cm³/mol. The molecule has 3 atom stereocenters. The van der Waals surface area contributed by atoms with Crippen LogP contribution >= 0.6 is 11.8 Å². The molecule has 0 unspecified atom stereocenters. The standard InChI is InChI=1S/C16H21NOS/c1-11-6-2-4-8-13(11)17-16(18)15-10-12-7-3-5-9-14(12)19-15/h3,5,7,9,11,13,15H,2,4,6,8,10H2,1H3,(H,17,18)/t11-,13-,15+/m1/s1. The van der Waals surface area contributed by atoms with Gasteiger partial charge in [0.25, 0.3) is 0 Å². The number of thioether (sulfide) groups is 1. The van der Waals surface area contributed by atoms with Gasteiger partial charge in [0.2, 0.25) is 5.91 Å². The second-order valence-corrected chi connectivity index (χ2v) is 7.04. The van der Waals surface area contributed by atoms with E-state index < -0.39 is 0 Å². The molecule has 1 amide bonds. The number of benzene rings is 1. The molecule has 3 rings (SSSR count). The van der Waals surface area contributed by atoms with Crippen LogP contribution in [0.2, 0.25) is 0 Å². The van der Waals surface area contributed by atoms with Crippen LogP contribution < -0.4 is 5.32 Å². The van der Waals surface area contributed by atoms with E-state index in [1.165, 1.54) is 29.7 Å². The molecule has 1 aliphatic carbocycles. The SMILES string of the molecule is C[C@@H]1CCCC[C@H]1NC(=O)[C@@H]1Cc2ccccc2S1. The van der Waals surface area contributed by atoms with Crippen LogP contribution in [0.3, 0.4) is 0 Å². The van der Waals surface area contributed by atoms with Crippen molar-refractivity contribution in [3.05, 3.63) is 29.8 Å². The second-order valence-electron chi connectivity index (χ2n) is 5.80. The number of nitrogens with one attached hydrogen (secondary N) is 1. The fourth-order valence-electron chi connectivity index (χ4n) is 3.13. The number of fused-ring (bicyclic) bond motifs is 1. The van der Waals surface area contributed by atoms with Crippen molar-refractivity contribution in [1.82, 2.24) is 5.32 Å². The summed E-state index contributed by atoms with van der Waals surface area (Å²) >= 11 is 1.72. The summed E-state index contributed by atoms with van der Waals surface area (Å²) in [5.74, 6) is 0.867. The minimum Gasteiger partial charge on any atom is -0.352 e. The third-order valence-electron chi connectivity index (χ3n) is 4.38. The van der Waals surface area contributed by atoms with Crippen LogP contribution in [0.5, 0.6) is 0 Å². The summed E-state index contributed by atoms with van der Waals surface area (Å²) in [4.78, 5) is 13.7. The molecule has 0 bridgehead atoms. The van der Waals surface area contributed by atoms with Crippen LogP contribution in [0.25, 0.3) is 0 Å². The van der Waals surface area contributed by atoms with Crippen molar-refractivity contribution in [1.29, 1.82) is 0 Å². The number of hydrogen-bond acceptors (Lipinski definition) is 2. The van der Waals surface area contributed by atoms with Crippen LogP contribution in [0.4, 0.5) is 0 Å². The van der Waals surface area contributed by atoms with E-state index in [0.29, 0.717) is 12.0 Å². The molecule has 1 aliphatic heterocycles. The Morgan fingerprint density at radius 1 is 1.26 bits per heavy atom. The van der Waals surface area contributed by atoms with Crippen molar-refractivity contribution < 1.29 is 4.79 Å². The summed E-state index contributed by atoms with van der Waals surface area (Å²) in [7, 11) is 0. The third-order valence-corrected chi connectivity index (χ3v) is 5.70. The summed E-state index contributed by atoms with van der Waals surface area (Å²) in [5.41, 5.74) is 1.32. The molecule has 1 aromatic carbocycles. The Bertz CT molecular complexity index is 449. The molecule has 1 fully saturated rings. The van der Waals surface area contributed by atoms with Gasteiger partial charge in [0.1, 0.15) is 0 Å². The Morgan fingerprint density at radius 3 is 2.84 bits per heavy atom. The Hall–Kier alpha value is -0.960. The summed E-state index contributed by atoms with van der Waals surface area (Å²) in [5, 5.41) is 3.36. The highest BCUT2D eigenvalue weighted by Gasteiger charge is 2.31. The lowest BCUT2D eigenvalue weighted by Crippen LogP contribution is -2.44. The molecule has 102 valence electrons. The molecule has 3 heteroatoms. The van der Waals surface area contributed by atoms with Gasteiger partial charge in [-0.15, -0.1) is 11.8 Å². The maximum atomic E-state index is 12.4. The molecule has 19 heavy (non-hydrogen) atoms. The number of carbonyl (C=O) groups is 1. The average Bonchev–Trinajstić information content (AvgIpc) is 2.85. The van der Waals surface area contributed by atoms with Crippen molar-refractivity contribution in [2.75, 3.05) is 0 Å². The Labute approximate surface area is 119 Å². The Balaban J connectivity index is 1.60. The van der Waals surface area contributed by atoms with Crippen LogP contribution in [-0.4, -0.2) is 17.2 Å². The normalized spacial score (nSPS) is 29.8. The maximum Gasteiger partial charge on any atom is 0.234 e. The first-order valence-corrected chi connectivity index (χ1v) is 8.17. The molecule has 0 saturated heterocycles. The van der Waals surface area contributed by atoms with Gasteiger partial charge in [0, 0.05) is 10.9 Å². The van der Waals surface area contributed by atoms with Gasteiger partial charge in [-0.25, -0.2) is 0 Å². The highest BCUT2D eigenvalue weighted by Crippen LogP contribution is 2.37. The van der Waals surface area contributed by atoms with E-state index in [-0.39, 0.29) is 11.2 Å². The number of rotatable bonds is 2. The fourth-order valence-corrected chi connectivity index (χ4v) is 4.34. The molecule has 0 spiro atoms. The number of amides is 1. The molecule has 0 radical (unpaired) electrons. The minimum absolute atomic E-state index is 0.0755. The lowest BCUT2D eigenvalue weighted by Gasteiger charge is -2.30. The summed E-state index contributed by atoms with van der Waals surface area (Å²) in [6.07, 6.45) is 5.86. The highest BCUT2D eigenvalue weighted by molar-refractivity contribution is 8.01. The fraction of sp³-hybridized carbons (Fsp3) is 0.562. The van der Waals surface area contributed by atoms with Crippen molar-refractivity contribution in [3.8, 4) is 0 Å². The predicted octanol–water partition coefficient (Wildman–Crippen LogP) is 3.40. The molecule has 1 N–H and O–H groups in total. The van der Waals surface area contributed by atoms with E-state index in [2.05, 4.69) is 36.5 Å². The van der Waals surface area contributed by atoms with E-state index in [4.69, 9.17) is 0 Å². The second kappa shape index (κ2) is 5.58. The third kappa shape index (κ3) is 2.81. The molecule has 2 aliphatic rings. The van der Waals surface area contributed by atoms with Crippen molar-refractivity contribution >= 4 is 17.7 Å². The Morgan fingerprint density at radius 2 is 2.05 bits per heavy atom. The van der Waals surface area contributed by atoms with Crippen molar-refractivity contribution in [2.24, 2.45) is 5.92 Å². The van der Waals surface area contributed by atoms with Crippen LogP contribution in [0, 0.1) is 5.92 Å². The molecule has 1 aromatic rings. The first-order valence-electron chi connectivity index (χ1n) is 7.29. The minimum atomic E-state index is 0.0755. The highest BCUT2D eigenvalue weighted by atomic mass is 32.2. The van der Waals surface area contributed by atoms with Crippen LogP contribution in [-0.2, 0) is 11.2 Å². The van der Waals surface area contributed by atoms with E-state index >= 15 is 0 Å². The van der Waals surface area contributed by atoms with E-state index in [1.807, 2.05) is 0 Å². The van der Waals surface area contributed by atoms with Gasteiger partial charge in [-0.3, -0.25) is 4.79 Å². The largest absolute Gasteiger partial charge is 0.352 e. The quantitative estimate of drug-likeness (QED) is 0.896. The topological polar surface area (TPSA) is 29.1 Å². The lowest BCUT2D eigenvalue weighted by atomic mass is 9.86. The number of hydrogen-bond donors (Lipinski definition) is 1. The van der Waals surface area contributed by atoms with Crippen LogP contribution in [0.15, 0.2) is 29.2 Å². The van der Waals surface area contributed by atoms with Gasteiger partial charge in [-0.05, 0) is 36.8 Å². The van der Waals surface area contributed by atoms with E-state index in [1.54, 1.807) is 11.8 Å². The molecule has 1 saturated carbocycles. The molecular weight excluding hydrogens is 254 g/mol. The van der Waals surface area contributed by atoms with Gasteiger partial charge < -0.3 is 5.32 Å². The van der Waals surface area contributed by atoms with Crippen molar-refractivity contribution in [2.45, 2.75) is 55.2 Å². The Kier molecular flexibility index (Phi) is 3.83. The zero-order chi connectivity index (χ0) is 13.2. The van der Waals surface area contributed by atoms with Gasteiger partial charge >= 0.3 is 0 Å².